The van der Waals surface area contributed by atoms with Crippen LogP contribution in [0.15, 0.2) is 17.0 Å². The Labute approximate surface area is 167 Å². The van der Waals surface area contributed by atoms with Crippen LogP contribution < -0.4 is 4.72 Å². The summed E-state index contributed by atoms with van der Waals surface area (Å²) in [5, 5.41) is 4.44. The second-order valence-corrected chi connectivity index (χ2v) is 10.5. The van der Waals surface area contributed by atoms with Crippen LogP contribution in [0.25, 0.3) is 0 Å². The van der Waals surface area contributed by atoms with E-state index in [1.165, 1.54) is 0 Å². The van der Waals surface area contributed by atoms with Gasteiger partial charge >= 0.3 is 0 Å². The van der Waals surface area contributed by atoms with Gasteiger partial charge in [0.2, 0.25) is 0 Å². The molecule has 1 aromatic heterocycles. The number of sulfonamides is 1. The SMILES string of the molecule is Cc1cc(C)c(C)c(S(=O)(=O)NC(=O)c2cc(C3CC3)n(C(C)(C)C)n2)c1C. The van der Waals surface area contributed by atoms with Gasteiger partial charge in [-0.1, -0.05) is 6.07 Å². The Hall–Kier alpha value is -2.15. The Morgan fingerprint density at radius 1 is 1.07 bits per heavy atom. The van der Waals surface area contributed by atoms with Crippen molar-refractivity contribution in [3.63, 3.8) is 0 Å². The third kappa shape index (κ3) is 3.72. The average Bonchev–Trinajstić information content (AvgIpc) is 3.29. The molecule has 28 heavy (non-hydrogen) atoms. The van der Waals surface area contributed by atoms with Crippen molar-refractivity contribution < 1.29 is 13.2 Å². The molecule has 1 aliphatic rings. The molecule has 1 aliphatic carbocycles. The van der Waals surface area contributed by atoms with Gasteiger partial charge in [0.1, 0.15) is 0 Å². The van der Waals surface area contributed by atoms with Crippen LogP contribution in [0.5, 0.6) is 0 Å². The highest BCUT2D eigenvalue weighted by Gasteiger charge is 2.33. The van der Waals surface area contributed by atoms with E-state index >= 15 is 0 Å². The van der Waals surface area contributed by atoms with E-state index in [0.717, 1.165) is 29.7 Å². The van der Waals surface area contributed by atoms with Crippen molar-refractivity contribution in [2.24, 2.45) is 0 Å². The Bertz CT molecular complexity index is 1030. The highest BCUT2D eigenvalue weighted by Crippen LogP contribution is 2.41. The van der Waals surface area contributed by atoms with Crippen molar-refractivity contribution in [3.8, 4) is 0 Å². The molecular formula is C21H29N3O3S. The molecule has 1 N–H and O–H groups in total. The van der Waals surface area contributed by atoms with Crippen LogP contribution in [0.1, 0.15) is 78.0 Å². The zero-order valence-electron chi connectivity index (χ0n) is 17.7. The van der Waals surface area contributed by atoms with Gasteiger partial charge in [0.15, 0.2) is 5.69 Å². The molecule has 2 aromatic rings. The zero-order valence-corrected chi connectivity index (χ0v) is 18.5. The molecule has 0 spiro atoms. The maximum absolute atomic E-state index is 13.0. The van der Waals surface area contributed by atoms with E-state index in [2.05, 4.69) is 9.82 Å². The van der Waals surface area contributed by atoms with Gasteiger partial charge in [0.25, 0.3) is 15.9 Å². The number of carbonyl (C=O) groups excluding carboxylic acids is 1. The first kappa shape index (κ1) is 20.6. The molecular weight excluding hydrogens is 374 g/mol. The minimum Gasteiger partial charge on any atom is -0.266 e. The normalized spacial score (nSPS) is 15.0. The predicted molar refractivity (Wildman–Crippen MR) is 109 cm³/mol. The summed E-state index contributed by atoms with van der Waals surface area (Å²) in [5.74, 6) is -0.295. The van der Waals surface area contributed by atoms with Gasteiger partial charge in [0, 0.05) is 11.6 Å². The van der Waals surface area contributed by atoms with E-state index < -0.39 is 15.9 Å². The minimum absolute atomic E-state index is 0.139. The van der Waals surface area contributed by atoms with Crippen LogP contribution in [0.4, 0.5) is 0 Å². The Balaban J connectivity index is 1.98. The standard InChI is InChI=1S/C21H29N3O3S/c1-12-10-13(2)15(4)19(14(12)3)28(26,27)23-20(25)17-11-18(16-8-9-16)24(22-17)21(5,6)7/h10-11,16H,8-9H2,1-7H3,(H,23,25). The molecule has 0 saturated heterocycles. The fourth-order valence-corrected chi connectivity index (χ4v) is 5.10. The lowest BCUT2D eigenvalue weighted by molar-refractivity contribution is 0.0975. The molecule has 1 saturated carbocycles. The maximum Gasteiger partial charge on any atom is 0.285 e. The molecule has 0 radical (unpaired) electrons. The number of carbonyl (C=O) groups is 1. The molecule has 1 amide bonds. The van der Waals surface area contributed by atoms with Crippen molar-refractivity contribution in [1.29, 1.82) is 0 Å². The monoisotopic (exact) mass is 403 g/mol. The number of aromatic nitrogens is 2. The number of amides is 1. The summed E-state index contributed by atoms with van der Waals surface area (Å²) in [6, 6.07) is 3.69. The van der Waals surface area contributed by atoms with Crippen LogP contribution in [-0.4, -0.2) is 24.1 Å². The van der Waals surface area contributed by atoms with Crippen molar-refractivity contribution in [2.45, 2.75) is 77.7 Å². The minimum atomic E-state index is -4.01. The van der Waals surface area contributed by atoms with Crippen molar-refractivity contribution in [3.05, 3.63) is 45.8 Å². The second-order valence-electron chi connectivity index (χ2n) is 8.84. The van der Waals surface area contributed by atoms with Crippen molar-refractivity contribution >= 4 is 15.9 Å². The predicted octanol–water partition coefficient (Wildman–Crippen LogP) is 3.87. The highest BCUT2D eigenvalue weighted by atomic mass is 32.2. The van der Waals surface area contributed by atoms with Crippen LogP contribution in [0, 0.1) is 27.7 Å². The van der Waals surface area contributed by atoms with Gasteiger partial charge in [-0.25, -0.2) is 13.1 Å². The molecule has 0 aliphatic heterocycles. The smallest absolute Gasteiger partial charge is 0.266 e. The zero-order chi connectivity index (χ0) is 21.0. The summed E-state index contributed by atoms with van der Waals surface area (Å²) in [5.41, 5.74) is 3.92. The Morgan fingerprint density at radius 3 is 2.07 bits per heavy atom. The number of hydrogen-bond acceptors (Lipinski definition) is 4. The molecule has 0 bridgehead atoms. The second kappa shape index (κ2) is 6.72. The van der Waals surface area contributed by atoms with Crippen LogP contribution in [-0.2, 0) is 15.6 Å². The van der Waals surface area contributed by atoms with Crippen molar-refractivity contribution in [1.82, 2.24) is 14.5 Å². The topological polar surface area (TPSA) is 81.1 Å². The average molecular weight is 404 g/mol. The molecule has 0 atom stereocenters. The summed E-state index contributed by atoms with van der Waals surface area (Å²) in [6.45, 7) is 13.3. The van der Waals surface area contributed by atoms with Crippen molar-refractivity contribution in [2.75, 3.05) is 0 Å². The number of aryl methyl sites for hydroxylation is 2. The first-order chi connectivity index (χ1) is 12.8. The van der Waals surface area contributed by atoms with E-state index in [0.29, 0.717) is 17.0 Å². The molecule has 7 heteroatoms. The molecule has 6 nitrogen and oxygen atoms in total. The van der Waals surface area contributed by atoms with Crippen LogP contribution in [0.3, 0.4) is 0 Å². The summed E-state index contributed by atoms with van der Waals surface area (Å²) in [6.07, 6.45) is 2.14. The maximum atomic E-state index is 13.0. The van der Waals surface area contributed by atoms with E-state index in [4.69, 9.17) is 0 Å². The lowest BCUT2D eigenvalue weighted by atomic mass is 10.0. The van der Waals surface area contributed by atoms with Gasteiger partial charge in [-0.2, -0.15) is 5.10 Å². The number of rotatable bonds is 4. The van der Waals surface area contributed by atoms with Crippen LogP contribution >= 0.6 is 0 Å². The summed E-state index contributed by atoms with van der Waals surface area (Å²) in [7, 11) is -4.01. The third-order valence-corrected chi connectivity index (χ3v) is 7.00. The molecule has 1 heterocycles. The van der Waals surface area contributed by atoms with E-state index in [1.54, 1.807) is 19.9 Å². The lowest BCUT2D eigenvalue weighted by Gasteiger charge is -2.22. The lowest BCUT2D eigenvalue weighted by Crippen LogP contribution is -2.32. The molecule has 3 rings (SSSR count). The quantitative estimate of drug-likeness (QED) is 0.840. The molecule has 0 unspecified atom stereocenters. The first-order valence-corrected chi connectivity index (χ1v) is 11.1. The third-order valence-electron chi connectivity index (χ3n) is 5.39. The number of nitrogens with one attached hydrogen (secondary N) is 1. The molecule has 1 aromatic carbocycles. The Kier molecular flexibility index (Phi) is 4.94. The molecule has 1 fully saturated rings. The Morgan fingerprint density at radius 2 is 1.61 bits per heavy atom. The highest BCUT2D eigenvalue weighted by molar-refractivity contribution is 7.90. The van der Waals surface area contributed by atoms with Gasteiger partial charge < -0.3 is 0 Å². The van der Waals surface area contributed by atoms with Gasteiger partial charge in [-0.3, -0.25) is 9.48 Å². The van der Waals surface area contributed by atoms with Gasteiger partial charge in [-0.15, -0.1) is 0 Å². The summed E-state index contributed by atoms with van der Waals surface area (Å²) >= 11 is 0. The van der Waals surface area contributed by atoms with E-state index in [1.807, 2.05) is 45.4 Å². The van der Waals surface area contributed by atoms with E-state index in [9.17, 15) is 13.2 Å². The fourth-order valence-electron chi connectivity index (χ4n) is 3.52. The van der Waals surface area contributed by atoms with Gasteiger partial charge in [-0.05, 0) is 89.6 Å². The number of benzene rings is 1. The largest absolute Gasteiger partial charge is 0.285 e. The van der Waals surface area contributed by atoms with Gasteiger partial charge in [0.05, 0.1) is 10.4 Å². The van der Waals surface area contributed by atoms with Crippen LogP contribution in [0.2, 0.25) is 0 Å². The summed E-state index contributed by atoms with van der Waals surface area (Å²) in [4.78, 5) is 13.0. The summed E-state index contributed by atoms with van der Waals surface area (Å²) < 4.78 is 30.1. The van der Waals surface area contributed by atoms with E-state index in [-0.39, 0.29) is 16.1 Å². The first-order valence-electron chi connectivity index (χ1n) is 9.58. The number of nitrogens with zero attached hydrogens (tertiary/aromatic N) is 2. The fraction of sp³-hybridized carbons (Fsp3) is 0.524. The molecule has 152 valence electrons. The number of hydrogen-bond donors (Lipinski definition) is 1.